The summed E-state index contributed by atoms with van der Waals surface area (Å²) < 4.78 is 2.07. The first-order valence-electron chi connectivity index (χ1n) is 9.12. The molecule has 0 aliphatic carbocycles. The molecule has 0 bridgehead atoms. The van der Waals surface area contributed by atoms with Gasteiger partial charge in [-0.15, -0.1) is 0 Å². The van der Waals surface area contributed by atoms with Crippen LogP contribution in [-0.2, 0) is 11.3 Å². The molecular formula is C24H20N2O2. The Hall–Kier alpha value is -3.66. The van der Waals surface area contributed by atoms with Crippen LogP contribution in [-0.4, -0.2) is 16.3 Å². The summed E-state index contributed by atoms with van der Waals surface area (Å²) >= 11 is 0. The van der Waals surface area contributed by atoms with Gasteiger partial charge in [-0.05, 0) is 35.7 Å². The predicted molar refractivity (Wildman–Crippen MR) is 111 cm³/mol. The molecule has 2 N–H and O–H groups in total. The average molecular weight is 368 g/mol. The molecule has 0 spiro atoms. The number of amides is 1. The van der Waals surface area contributed by atoms with Gasteiger partial charge in [0.2, 0.25) is 0 Å². The second-order valence-electron chi connectivity index (χ2n) is 6.82. The number of aromatic nitrogens is 1. The van der Waals surface area contributed by atoms with Crippen molar-refractivity contribution in [2.75, 3.05) is 0 Å². The van der Waals surface area contributed by atoms with E-state index in [9.17, 15) is 9.59 Å². The Labute approximate surface area is 163 Å². The Morgan fingerprint density at radius 2 is 1.54 bits per heavy atom. The van der Waals surface area contributed by atoms with Gasteiger partial charge in [0, 0.05) is 23.1 Å². The van der Waals surface area contributed by atoms with Crippen LogP contribution in [0, 0.1) is 6.92 Å². The number of carbonyl (C=O) groups is 2. The molecule has 3 aromatic carbocycles. The standard InChI is InChI=1S/C24H20N2O2/c1-16-22(23(27)24(25)28)20-12-5-6-13-21(20)26(16)15-17-8-7-11-19(14-17)18-9-3-2-4-10-18/h2-14H,15H2,1H3,(H2,25,28). The summed E-state index contributed by atoms with van der Waals surface area (Å²) in [4.78, 5) is 23.9. The molecule has 0 radical (unpaired) electrons. The van der Waals surface area contributed by atoms with E-state index >= 15 is 0 Å². The minimum absolute atomic E-state index is 0.391. The molecule has 138 valence electrons. The van der Waals surface area contributed by atoms with E-state index in [1.54, 1.807) is 0 Å². The highest BCUT2D eigenvalue weighted by atomic mass is 16.2. The maximum Gasteiger partial charge on any atom is 0.289 e. The number of rotatable bonds is 5. The van der Waals surface area contributed by atoms with Crippen LogP contribution in [0.25, 0.3) is 22.0 Å². The zero-order valence-electron chi connectivity index (χ0n) is 15.6. The van der Waals surface area contributed by atoms with Crippen molar-refractivity contribution in [1.82, 2.24) is 4.57 Å². The lowest BCUT2D eigenvalue weighted by atomic mass is 10.0. The Balaban J connectivity index is 1.80. The van der Waals surface area contributed by atoms with Crippen LogP contribution in [0.4, 0.5) is 0 Å². The van der Waals surface area contributed by atoms with Gasteiger partial charge in [-0.3, -0.25) is 9.59 Å². The van der Waals surface area contributed by atoms with Crippen molar-refractivity contribution >= 4 is 22.6 Å². The lowest BCUT2D eigenvalue weighted by Gasteiger charge is -2.11. The Kier molecular flexibility index (Phi) is 4.53. The van der Waals surface area contributed by atoms with Crippen LogP contribution < -0.4 is 5.73 Å². The molecule has 28 heavy (non-hydrogen) atoms. The van der Waals surface area contributed by atoms with Gasteiger partial charge in [0.15, 0.2) is 0 Å². The van der Waals surface area contributed by atoms with E-state index in [-0.39, 0.29) is 0 Å². The van der Waals surface area contributed by atoms with Crippen molar-refractivity contribution in [3.8, 4) is 11.1 Å². The lowest BCUT2D eigenvalue weighted by Crippen LogP contribution is -2.23. The van der Waals surface area contributed by atoms with Gasteiger partial charge in [-0.1, -0.05) is 66.7 Å². The second kappa shape index (κ2) is 7.16. The second-order valence-corrected chi connectivity index (χ2v) is 6.82. The molecule has 4 aromatic rings. The molecule has 4 heteroatoms. The van der Waals surface area contributed by atoms with Crippen molar-refractivity contribution in [2.45, 2.75) is 13.5 Å². The van der Waals surface area contributed by atoms with E-state index in [2.05, 4.69) is 34.9 Å². The molecule has 0 aliphatic heterocycles. The molecule has 0 fully saturated rings. The van der Waals surface area contributed by atoms with E-state index in [0.717, 1.165) is 33.3 Å². The third-order valence-electron chi connectivity index (χ3n) is 5.06. The third kappa shape index (κ3) is 3.09. The number of Topliss-reactive ketones (excluding diaryl/α,β-unsaturated/α-hetero) is 1. The van der Waals surface area contributed by atoms with Gasteiger partial charge < -0.3 is 10.3 Å². The molecule has 4 rings (SSSR count). The summed E-state index contributed by atoms with van der Waals surface area (Å²) in [6.45, 7) is 2.45. The average Bonchev–Trinajstić information content (AvgIpc) is 3.00. The van der Waals surface area contributed by atoms with E-state index in [0.29, 0.717) is 12.1 Å². The molecule has 1 heterocycles. The van der Waals surface area contributed by atoms with Gasteiger partial charge in [0.1, 0.15) is 0 Å². The number of hydrogen-bond donors (Lipinski definition) is 1. The van der Waals surface area contributed by atoms with Crippen LogP contribution in [0.3, 0.4) is 0 Å². The van der Waals surface area contributed by atoms with Crippen LogP contribution in [0.1, 0.15) is 21.6 Å². The van der Waals surface area contributed by atoms with Crippen molar-refractivity contribution in [3.05, 3.63) is 95.7 Å². The summed E-state index contributed by atoms with van der Waals surface area (Å²) in [5.41, 5.74) is 10.7. The SMILES string of the molecule is Cc1c(C(=O)C(N)=O)c2ccccc2n1Cc1cccc(-c2ccccc2)c1. The number of primary amides is 1. The fourth-order valence-electron chi connectivity index (χ4n) is 3.71. The highest BCUT2D eigenvalue weighted by molar-refractivity contribution is 6.44. The van der Waals surface area contributed by atoms with Crippen LogP contribution in [0.5, 0.6) is 0 Å². The van der Waals surface area contributed by atoms with E-state index in [4.69, 9.17) is 5.73 Å². The zero-order chi connectivity index (χ0) is 19.7. The summed E-state index contributed by atoms with van der Waals surface area (Å²) in [5, 5.41) is 0.753. The molecule has 0 saturated carbocycles. The number of carbonyl (C=O) groups excluding carboxylic acids is 2. The van der Waals surface area contributed by atoms with Gasteiger partial charge in [-0.25, -0.2) is 0 Å². The molecule has 0 atom stereocenters. The molecule has 0 aliphatic rings. The van der Waals surface area contributed by atoms with Crippen molar-refractivity contribution < 1.29 is 9.59 Å². The topological polar surface area (TPSA) is 65.1 Å². The van der Waals surface area contributed by atoms with Gasteiger partial charge in [-0.2, -0.15) is 0 Å². The van der Waals surface area contributed by atoms with Crippen molar-refractivity contribution in [2.24, 2.45) is 5.73 Å². The van der Waals surface area contributed by atoms with E-state index in [1.165, 1.54) is 0 Å². The Morgan fingerprint density at radius 1 is 0.857 bits per heavy atom. The fraction of sp³-hybridized carbons (Fsp3) is 0.0833. The first-order chi connectivity index (χ1) is 13.6. The number of fused-ring (bicyclic) bond motifs is 1. The molecule has 1 amide bonds. The quantitative estimate of drug-likeness (QED) is 0.421. The Bertz CT molecular complexity index is 1190. The fourth-order valence-corrected chi connectivity index (χ4v) is 3.71. The van der Waals surface area contributed by atoms with Gasteiger partial charge in [0.25, 0.3) is 11.7 Å². The normalized spacial score (nSPS) is 10.9. The largest absolute Gasteiger partial charge is 0.363 e. The van der Waals surface area contributed by atoms with Crippen LogP contribution in [0.2, 0.25) is 0 Å². The highest BCUT2D eigenvalue weighted by Crippen LogP contribution is 2.28. The number of nitrogens with zero attached hydrogens (tertiary/aromatic N) is 1. The van der Waals surface area contributed by atoms with Crippen molar-refractivity contribution in [3.63, 3.8) is 0 Å². The lowest BCUT2D eigenvalue weighted by molar-refractivity contribution is -0.114. The highest BCUT2D eigenvalue weighted by Gasteiger charge is 2.23. The van der Waals surface area contributed by atoms with E-state index in [1.807, 2.05) is 55.5 Å². The third-order valence-corrected chi connectivity index (χ3v) is 5.06. The van der Waals surface area contributed by atoms with Crippen molar-refractivity contribution in [1.29, 1.82) is 0 Å². The van der Waals surface area contributed by atoms with Gasteiger partial charge in [0.05, 0.1) is 5.56 Å². The minimum atomic E-state index is -0.933. The summed E-state index contributed by atoms with van der Waals surface area (Å²) in [7, 11) is 0. The molecule has 0 saturated heterocycles. The number of para-hydroxylation sites is 1. The monoisotopic (exact) mass is 368 g/mol. The smallest absolute Gasteiger partial charge is 0.289 e. The number of benzene rings is 3. The number of ketones is 1. The first-order valence-corrected chi connectivity index (χ1v) is 9.12. The molecule has 4 nitrogen and oxygen atoms in total. The summed E-state index contributed by atoms with van der Waals surface area (Å²) in [5.74, 6) is -1.58. The summed E-state index contributed by atoms with van der Waals surface area (Å²) in [6, 6.07) is 26.2. The zero-order valence-corrected chi connectivity index (χ0v) is 15.6. The Morgan fingerprint density at radius 3 is 2.29 bits per heavy atom. The number of nitrogens with two attached hydrogens (primary N) is 1. The first kappa shape index (κ1) is 17.7. The minimum Gasteiger partial charge on any atom is -0.363 e. The maximum absolute atomic E-state index is 12.4. The van der Waals surface area contributed by atoms with Gasteiger partial charge >= 0.3 is 0 Å². The van der Waals surface area contributed by atoms with E-state index < -0.39 is 11.7 Å². The van der Waals surface area contributed by atoms with Crippen LogP contribution in [0.15, 0.2) is 78.9 Å². The van der Waals surface area contributed by atoms with Crippen LogP contribution >= 0.6 is 0 Å². The summed E-state index contributed by atoms with van der Waals surface area (Å²) in [6.07, 6.45) is 0. The molecular weight excluding hydrogens is 348 g/mol. The number of hydrogen-bond acceptors (Lipinski definition) is 2. The molecule has 0 unspecified atom stereocenters. The molecule has 1 aromatic heterocycles. The maximum atomic E-state index is 12.4. The predicted octanol–water partition coefficient (Wildman–Crippen LogP) is 4.33.